The molecule has 1 aromatic heterocycles. The molecule has 0 fully saturated rings. The predicted octanol–water partition coefficient (Wildman–Crippen LogP) is 4.46. The number of fused-ring (bicyclic) bond motifs is 1. The summed E-state index contributed by atoms with van der Waals surface area (Å²) in [5.74, 6) is 0.951. The highest BCUT2D eigenvalue weighted by atomic mass is 16.1. The average molecular weight is 320 g/mol. The largest absolute Gasteiger partial charge is 0.338 e. The molecule has 24 heavy (non-hydrogen) atoms. The van der Waals surface area contributed by atoms with E-state index in [9.17, 15) is 4.79 Å². The number of carbonyl (C=O) groups excluding carboxylic acids is 1. The maximum absolute atomic E-state index is 11.1. The zero-order valence-corrected chi connectivity index (χ0v) is 14.0. The summed E-state index contributed by atoms with van der Waals surface area (Å²) in [5, 5.41) is 17.0. The molecule has 2 N–H and O–H groups in total. The van der Waals surface area contributed by atoms with E-state index in [2.05, 4.69) is 40.7 Å². The van der Waals surface area contributed by atoms with Crippen LogP contribution in [-0.2, 0) is 4.79 Å². The minimum absolute atomic E-state index is 0.0863. The van der Waals surface area contributed by atoms with Crippen LogP contribution in [0.2, 0.25) is 0 Å². The van der Waals surface area contributed by atoms with Crippen molar-refractivity contribution in [3.05, 3.63) is 54.2 Å². The second-order valence-corrected chi connectivity index (χ2v) is 6.02. The number of anilines is 3. The van der Waals surface area contributed by atoms with Gasteiger partial charge in [-0.2, -0.15) is 5.10 Å². The number of nitrogens with zero attached hydrogens (tertiary/aromatic N) is 2. The van der Waals surface area contributed by atoms with E-state index in [0.717, 1.165) is 33.7 Å². The minimum Gasteiger partial charge on any atom is -0.338 e. The summed E-state index contributed by atoms with van der Waals surface area (Å²) in [6, 6.07) is 15.6. The van der Waals surface area contributed by atoms with Crippen molar-refractivity contribution in [3.8, 4) is 0 Å². The summed E-state index contributed by atoms with van der Waals surface area (Å²) in [7, 11) is 0. The van der Waals surface area contributed by atoms with E-state index in [1.807, 2.05) is 42.5 Å². The quantitative estimate of drug-likeness (QED) is 0.745. The molecule has 0 saturated carbocycles. The van der Waals surface area contributed by atoms with Crippen molar-refractivity contribution in [2.45, 2.75) is 26.7 Å². The minimum atomic E-state index is -0.0863. The molecule has 0 aliphatic carbocycles. The fraction of sp³-hybridized carbons (Fsp3) is 0.211. The Hall–Kier alpha value is -2.95. The van der Waals surface area contributed by atoms with Crippen LogP contribution >= 0.6 is 0 Å². The van der Waals surface area contributed by atoms with Gasteiger partial charge in [-0.05, 0) is 30.2 Å². The van der Waals surface area contributed by atoms with E-state index < -0.39 is 0 Å². The first-order valence-electron chi connectivity index (χ1n) is 7.94. The van der Waals surface area contributed by atoms with Gasteiger partial charge in [0.2, 0.25) is 5.91 Å². The Morgan fingerprint density at radius 1 is 0.917 bits per heavy atom. The van der Waals surface area contributed by atoms with Crippen LogP contribution in [0, 0.1) is 0 Å². The Bertz CT molecular complexity index is 872. The third kappa shape index (κ3) is 3.35. The standard InChI is InChI=1S/C19H20N4O/c1-12(2)18-16-6-4-5-7-17(16)19(23-22-18)21-15-10-8-14(9-11-15)20-13(3)24/h4-12H,1-3H3,(H,20,24)(H,21,23). The van der Waals surface area contributed by atoms with E-state index in [-0.39, 0.29) is 5.91 Å². The third-order valence-corrected chi connectivity index (χ3v) is 3.73. The van der Waals surface area contributed by atoms with E-state index in [1.54, 1.807) is 0 Å². The molecule has 3 rings (SSSR count). The lowest BCUT2D eigenvalue weighted by Gasteiger charge is -2.13. The zero-order valence-electron chi connectivity index (χ0n) is 14.0. The fourth-order valence-corrected chi connectivity index (χ4v) is 2.62. The molecule has 0 saturated heterocycles. The van der Waals surface area contributed by atoms with Crippen molar-refractivity contribution in [2.24, 2.45) is 0 Å². The molecule has 0 unspecified atom stereocenters. The molecule has 0 bridgehead atoms. The average Bonchev–Trinajstić information content (AvgIpc) is 2.56. The van der Waals surface area contributed by atoms with Crippen molar-refractivity contribution in [1.29, 1.82) is 0 Å². The van der Waals surface area contributed by atoms with Gasteiger partial charge in [-0.15, -0.1) is 5.10 Å². The van der Waals surface area contributed by atoms with Crippen LogP contribution in [0.25, 0.3) is 10.8 Å². The molecule has 0 aliphatic rings. The monoisotopic (exact) mass is 320 g/mol. The Labute approximate surface area is 141 Å². The van der Waals surface area contributed by atoms with Gasteiger partial charge in [0, 0.05) is 29.1 Å². The first-order chi connectivity index (χ1) is 11.5. The maximum atomic E-state index is 11.1. The molecule has 0 radical (unpaired) electrons. The zero-order chi connectivity index (χ0) is 17.1. The Balaban J connectivity index is 1.93. The summed E-state index contributed by atoms with van der Waals surface area (Å²) in [4.78, 5) is 11.1. The van der Waals surface area contributed by atoms with Crippen molar-refractivity contribution in [2.75, 3.05) is 10.6 Å². The lowest BCUT2D eigenvalue weighted by atomic mass is 10.0. The van der Waals surface area contributed by atoms with E-state index >= 15 is 0 Å². The second-order valence-electron chi connectivity index (χ2n) is 6.02. The summed E-state index contributed by atoms with van der Waals surface area (Å²) in [5.41, 5.74) is 2.65. The fourth-order valence-electron chi connectivity index (χ4n) is 2.62. The number of hydrogen-bond acceptors (Lipinski definition) is 4. The van der Waals surface area contributed by atoms with E-state index in [4.69, 9.17) is 0 Å². The highest BCUT2D eigenvalue weighted by molar-refractivity contribution is 5.94. The smallest absolute Gasteiger partial charge is 0.221 e. The Morgan fingerprint density at radius 3 is 2.17 bits per heavy atom. The summed E-state index contributed by atoms with van der Waals surface area (Å²) in [6.07, 6.45) is 0. The Morgan fingerprint density at radius 2 is 1.54 bits per heavy atom. The molecule has 5 nitrogen and oxygen atoms in total. The molecule has 0 spiro atoms. The van der Waals surface area contributed by atoms with Gasteiger partial charge in [0.05, 0.1) is 5.69 Å². The lowest BCUT2D eigenvalue weighted by Crippen LogP contribution is -2.05. The van der Waals surface area contributed by atoms with Gasteiger partial charge in [-0.3, -0.25) is 4.79 Å². The summed E-state index contributed by atoms with van der Waals surface area (Å²) >= 11 is 0. The van der Waals surface area contributed by atoms with Crippen LogP contribution in [0.15, 0.2) is 48.5 Å². The molecule has 1 heterocycles. The number of rotatable bonds is 4. The van der Waals surface area contributed by atoms with Crippen LogP contribution in [0.4, 0.5) is 17.2 Å². The lowest BCUT2D eigenvalue weighted by molar-refractivity contribution is -0.114. The van der Waals surface area contributed by atoms with Crippen LogP contribution in [0.1, 0.15) is 32.4 Å². The van der Waals surface area contributed by atoms with Gasteiger partial charge in [0.1, 0.15) is 0 Å². The molecule has 0 aliphatic heterocycles. The highest BCUT2D eigenvalue weighted by Crippen LogP contribution is 2.29. The normalized spacial score (nSPS) is 10.8. The number of nitrogens with one attached hydrogen (secondary N) is 2. The molecule has 2 aromatic carbocycles. The molecule has 1 amide bonds. The first kappa shape index (κ1) is 15.9. The van der Waals surface area contributed by atoms with Crippen LogP contribution in [-0.4, -0.2) is 16.1 Å². The topological polar surface area (TPSA) is 66.9 Å². The predicted molar refractivity (Wildman–Crippen MR) is 97.7 cm³/mol. The number of carbonyl (C=O) groups is 1. The maximum Gasteiger partial charge on any atom is 0.221 e. The summed E-state index contributed by atoms with van der Waals surface area (Å²) < 4.78 is 0. The number of amides is 1. The van der Waals surface area contributed by atoms with Gasteiger partial charge < -0.3 is 10.6 Å². The first-order valence-corrected chi connectivity index (χ1v) is 7.94. The van der Waals surface area contributed by atoms with Gasteiger partial charge in [-0.1, -0.05) is 38.1 Å². The molecule has 5 heteroatoms. The molecular weight excluding hydrogens is 300 g/mol. The van der Waals surface area contributed by atoms with Gasteiger partial charge in [0.15, 0.2) is 5.82 Å². The van der Waals surface area contributed by atoms with E-state index in [0.29, 0.717) is 5.92 Å². The van der Waals surface area contributed by atoms with Crippen LogP contribution in [0.3, 0.4) is 0 Å². The summed E-state index contributed by atoms with van der Waals surface area (Å²) in [6.45, 7) is 5.72. The van der Waals surface area contributed by atoms with Crippen molar-refractivity contribution < 1.29 is 4.79 Å². The van der Waals surface area contributed by atoms with Crippen molar-refractivity contribution in [3.63, 3.8) is 0 Å². The SMILES string of the molecule is CC(=O)Nc1ccc(Nc2nnc(C(C)C)c3ccccc23)cc1. The number of hydrogen-bond donors (Lipinski definition) is 2. The van der Waals surface area contributed by atoms with Gasteiger partial charge in [0.25, 0.3) is 0 Å². The van der Waals surface area contributed by atoms with Crippen LogP contribution in [0.5, 0.6) is 0 Å². The Kier molecular flexibility index (Phi) is 4.42. The van der Waals surface area contributed by atoms with Crippen molar-refractivity contribution >= 4 is 33.9 Å². The molecule has 122 valence electrons. The number of benzene rings is 2. The molecular formula is C19H20N4O. The number of aromatic nitrogens is 2. The second kappa shape index (κ2) is 6.66. The third-order valence-electron chi connectivity index (χ3n) is 3.73. The van der Waals surface area contributed by atoms with Crippen LogP contribution < -0.4 is 10.6 Å². The van der Waals surface area contributed by atoms with Gasteiger partial charge >= 0.3 is 0 Å². The molecule has 3 aromatic rings. The van der Waals surface area contributed by atoms with Crippen molar-refractivity contribution in [1.82, 2.24) is 10.2 Å². The molecule has 0 atom stereocenters. The van der Waals surface area contributed by atoms with E-state index in [1.165, 1.54) is 6.92 Å². The highest BCUT2D eigenvalue weighted by Gasteiger charge is 2.11. The van der Waals surface area contributed by atoms with Gasteiger partial charge in [-0.25, -0.2) is 0 Å².